The van der Waals surface area contributed by atoms with Crippen LogP contribution in [0.1, 0.15) is 22.5 Å². The minimum absolute atomic E-state index is 0.0166. The Morgan fingerprint density at radius 2 is 1.75 bits per heavy atom. The maximum atomic E-state index is 14.0. The van der Waals surface area contributed by atoms with Gasteiger partial charge in [-0.15, -0.1) is 0 Å². The molecule has 0 aliphatic carbocycles. The molecule has 0 bridgehead atoms. The molecule has 0 saturated carbocycles. The lowest BCUT2D eigenvalue weighted by Crippen LogP contribution is -2.13. The largest absolute Gasteiger partial charge is 0.416 e. The molecule has 0 fully saturated rings. The molecule has 0 radical (unpaired) electrons. The Labute approximate surface area is 156 Å². The monoisotopic (exact) mass is 388 g/mol. The third-order valence-electron chi connectivity index (χ3n) is 3.73. The lowest BCUT2D eigenvalue weighted by atomic mass is 10.0. The van der Waals surface area contributed by atoms with Gasteiger partial charge in [-0.25, -0.2) is 4.39 Å². The molecule has 0 aliphatic rings. The summed E-state index contributed by atoms with van der Waals surface area (Å²) in [6, 6.07) is 11.0. The summed E-state index contributed by atoms with van der Waals surface area (Å²) in [4.78, 5) is 11.7. The van der Waals surface area contributed by atoms with Crippen molar-refractivity contribution in [1.29, 1.82) is 5.26 Å². The van der Waals surface area contributed by atoms with Gasteiger partial charge in [0.1, 0.15) is 11.6 Å². The molecule has 1 heterocycles. The number of alkyl halides is 3. The number of nitrogen functional groups attached to an aromatic ring is 1. The van der Waals surface area contributed by atoms with Gasteiger partial charge in [0.05, 0.1) is 17.2 Å². The quantitative estimate of drug-likeness (QED) is 0.659. The van der Waals surface area contributed by atoms with Crippen LogP contribution < -0.4 is 11.1 Å². The van der Waals surface area contributed by atoms with Crippen molar-refractivity contribution >= 4 is 17.6 Å². The number of rotatable bonds is 4. The van der Waals surface area contributed by atoms with Crippen molar-refractivity contribution in [3.63, 3.8) is 0 Å². The van der Waals surface area contributed by atoms with E-state index in [1.807, 2.05) is 6.07 Å². The van der Waals surface area contributed by atoms with Crippen LogP contribution in [0.2, 0.25) is 0 Å². The van der Waals surface area contributed by atoms with E-state index >= 15 is 0 Å². The van der Waals surface area contributed by atoms with E-state index in [4.69, 9.17) is 11.0 Å². The topological polar surface area (TPSA) is 101 Å². The minimum atomic E-state index is -4.72. The van der Waals surface area contributed by atoms with Gasteiger partial charge < -0.3 is 11.1 Å². The van der Waals surface area contributed by atoms with E-state index in [0.717, 1.165) is 18.2 Å². The molecular formula is C18H12F4N6. The molecule has 28 heavy (non-hydrogen) atoms. The first kappa shape index (κ1) is 19.0. The zero-order valence-corrected chi connectivity index (χ0v) is 14.1. The van der Waals surface area contributed by atoms with Gasteiger partial charge in [0.15, 0.2) is 0 Å². The first-order chi connectivity index (χ1) is 13.3. The van der Waals surface area contributed by atoms with E-state index in [0.29, 0.717) is 11.3 Å². The van der Waals surface area contributed by atoms with Crippen molar-refractivity contribution in [1.82, 2.24) is 15.0 Å². The van der Waals surface area contributed by atoms with Crippen LogP contribution in [0.25, 0.3) is 0 Å². The van der Waals surface area contributed by atoms with Crippen LogP contribution in [0.3, 0.4) is 0 Å². The van der Waals surface area contributed by atoms with Gasteiger partial charge in [0, 0.05) is 17.7 Å². The highest BCUT2D eigenvalue weighted by atomic mass is 19.4. The van der Waals surface area contributed by atoms with Gasteiger partial charge in [0.2, 0.25) is 11.9 Å². The number of halogens is 4. The first-order valence-electron chi connectivity index (χ1n) is 7.88. The van der Waals surface area contributed by atoms with Crippen molar-refractivity contribution in [2.24, 2.45) is 0 Å². The molecule has 2 aromatic carbocycles. The maximum Gasteiger partial charge on any atom is 0.416 e. The van der Waals surface area contributed by atoms with E-state index in [-0.39, 0.29) is 17.7 Å². The van der Waals surface area contributed by atoms with Gasteiger partial charge in [-0.1, -0.05) is 6.07 Å². The highest BCUT2D eigenvalue weighted by Crippen LogP contribution is 2.34. The molecule has 0 atom stereocenters. The second-order valence-corrected chi connectivity index (χ2v) is 5.69. The molecule has 1 aromatic heterocycles. The Morgan fingerprint density at radius 3 is 2.39 bits per heavy atom. The molecule has 0 amide bonds. The fourth-order valence-electron chi connectivity index (χ4n) is 2.49. The number of nitrogens with zero attached hydrogens (tertiary/aromatic N) is 4. The van der Waals surface area contributed by atoms with E-state index in [1.54, 1.807) is 24.3 Å². The molecule has 0 spiro atoms. The van der Waals surface area contributed by atoms with Gasteiger partial charge >= 0.3 is 6.18 Å². The summed E-state index contributed by atoms with van der Waals surface area (Å²) in [5.41, 5.74) is 4.90. The highest BCUT2D eigenvalue weighted by molar-refractivity contribution is 5.55. The van der Waals surface area contributed by atoms with E-state index in [2.05, 4.69) is 20.3 Å². The number of aromatic nitrogens is 3. The zero-order chi connectivity index (χ0) is 20.3. The fourth-order valence-corrected chi connectivity index (χ4v) is 2.49. The molecule has 3 N–H and O–H groups in total. The fraction of sp³-hybridized carbons (Fsp3) is 0.111. The lowest BCUT2D eigenvalue weighted by Gasteiger charge is -2.13. The first-order valence-corrected chi connectivity index (χ1v) is 7.88. The van der Waals surface area contributed by atoms with Gasteiger partial charge in [0.25, 0.3) is 0 Å². The van der Waals surface area contributed by atoms with Gasteiger partial charge in [-0.05, 0) is 36.4 Å². The number of benzene rings is 2. The van der Waals surface area contributed by atoms with Crippen molar-refractivity contribution < 1.29 is 17.6 Å². The van der Waals surface area contributed by atoms with E-state index in [9.17, 15) is 17.6 Å². The summed E-state index contributed by atoms with van der Waals surface area (Å²) < 4.78 is 53.5. The molecule has 6 nitrogen and oxygen atoms in total. The van der Waals surface area contributed by atoms with Crippen molar-refractivity contribution in [2.75, 3.05) is 11.1 Å². The Bertz CT molecular complexity index is 1040. The summed E-state index contributed by atoms with van der Waals surface area (Å²) in [6.45, 7) is 0. The van der Waals surface area contributed by atoms with Gasteiger partial charge in [-0.2, -0.15) is 33.4 Å². The van der Waals surface area contributed by atoms with E-state index < -0.39 is 29.5 Å². The Kier molecular flexibility index (Phi) is 5.08. The van der Waals surface area contributed by atoms with Crippen LogP contribution in [0.4, 0.5) is 35.1 Å². The molecule has 10 heteroatoms. The van der Waals surface area contributed by atoms with Crippen LogP contribution >= 0.6 is 0 Å². The molecular weight excluding hydrogens is 376 g/mol. The number of nitrogens with one attached hydrogen (secondary N) is 1. The summed E-state index contributed by atoms with van der Waals surface area (Å²) >= 11 is 0. The number of nitriles is 1. The molecule has 142 valence electrons. The smallest absolute Gasteiger partial charge is 0.368 e. The molecule has 0 aliphatic heterocycles. The van der Waals surface area contributed by atoms with Gasteiger partial charge in [-0.3, -0.25) is 0 Å². The average Bonchev–Trinajstić information content (AvgIpc) is 2.62. The summed E-state index contributed by atoms with van der Waals surface area (Å²) in [7, 11) is 0. The van der Waals surface area contributed by atoms with Crippen LogP contribution in [-0.2, 0) is 12.6 Å². The Balaban J connectivity index is 1.91. The molecule has 3 rings (SSSR count). The van der Waals surface area contributed by atoms with Crippen molar-refractivity contribution in [3.8, 4) is 6.07 Å². The number of anilines is 3. The van der Waals surface area contributed by atoms with Crippen molar-refractivity contribution in [3.05, 3.63) is 70.8 Å². The maximum absolute atomic E-state index is 14.0. The standard InChI is InChI=1S/C18H12F4N6/c19-14-3-1-2-13(18(20,21)22)12(14)8-15-26-16(24)28-17(27-15)25-11-6-4-10(9-23)5-7-11/h1-7H,8H2,(H3,24,25,26,27,28). The number of hydrogen-bond acceptors (Lipinski definition) is 6. The average molecular weight is 388 g/mol. The lowest BCUT2D eigenvalue weighted by molar-refractivity contribution is -0.138. The Hall–Kier alpha value is -3.74. The molecule has 0 saturated heterocycles. The minimum Gasteiger partial charge on any atom is -0.368 e. The van der Waals surface area contributed by atoms with Crippen LogP contribution in [-0.4, -0.2) is 15.0 Å². The normalized spacial score (nSPS) is 11.1. The SMILES string of the molecule is N#Cc1ccc(Nc2nc(N)nc(Cc3c(F)cccc3C(F)(F)F)n2)cc1. The summed E-state index contributed by atoms with van der Waals surface area (Å²) in [5, 5.41) is 11.6. The third kappa shape index (κ3) is 4.32. The zero-order valence-electron chi connectivity index (χ0n) is 14.1. The Morgan fingerprint density at radius 1 is 1.04 bits per heavy atom. The second kappa shape index (κ2) is 7.48. The number of hydrogen-bond donors (Lipinski definition) is 2. The van der Waals surface area contributed by atoms with Crippen LogP contribution in [0, 0.1) is 17.1 Å². The van der Waals surface area contributed by atoms with Crippen LogP contribution in [0.15, 0.2) is 42.5 Å². The second-order valence-electron chi connectivity index (χ2n) is 5.69. The summed E-state index contributed by atoms with van der Waals surface area (Å²) in [6.07, 6.45) is -5.24. The highest BCUT2D eigenvalue weighted by Gasteiger charge is 2.34. The predicted molar refractivity (Wildman–Crippen MR) is 92.9 cm³/mol. The molecule has 3 aromatic rings. The predicted octanol–water partition coefficient (Wildman–Crippen LogP) is 3.82. The molecule has 0 unspecified atom stereocenters. The summed E-state index contributed by atoms with van der Waals surface area (Å²) in [5.74, 6) is -1.39. The van der Waals surface area contributed by atoms with Crippen molar-refractivity contribution in [2.45, 2.75) is 12.6 Å². The number of nitrogens with two attached hydrogens (primary N) is 1. The third-order valence-corrected chi connectivity index (χ3v) is 3.73. The van der Waals surface area contributed by atoms with E-state index in [1.165, 1.54) is 0 Å². The van der Waals surface area contributed by atoms with Crippen LogP contribution in [0.5, 0.6) is 0 Å².